The van der Waals surface area contributed by atoms with E-state index in [9.17, 15) is 0 Å². The van der Waals surface area contributed by atoms with Crippen molar-refractivity contribution in [2.24, 2.45) is 0 Å². The van der Waals surface area contributed by atoms with Crippen LogP contribution in [0.2, 0.25) is 0 Å². The Balaban J connectivity index is 2.61. The van der Waals surface area contributed by atoms with Crippen LogP contribution in [-0.2, 0) is 0 Å². The molecule has 1 aromatic carbocycles. The minimum absolute atomic E-state index is 0.685. The monoisotopic (exact) mass is 225 g/mol. The van der Waals surface area contributed by atoms with Gasteiger partial charge in [-0.25, -0.2) is 4.98 Å². The molecule has 0 spiro atoms. The molecule has 0 aliphatic rings. The Morgan fingerprint density at radius 2 is 2.29 bits per heavy atom. The first kappa shape index (κ1) is 9.80. The standard InChI is InChI=1S/C10H11NOS2/c1-3-12-7-4-5-8-9(6(7)2)11-10(13)14-8/h4-5H,3H2,1-2H3,(H,11,13). The third kappa shape index (κ3) is 1.60. The van der Waals surface area contributed by atoms with E-state index in [1.165, 1.54) is 0 Å². The van der Waals surface area contributed by atoms with Crippen LogP contribution in [0.25, 0.3) is 10.2 Å². The summed E-state index contributed by atoms with van der Waals surface area (Å²) >= 11 is 5.83. The topological polar surface area (TPSA) is 22.1 Å². The predicted octanol–water partition coefficient (Wildman–Crippen LogP) is 3.29. The molecule has 0 amide bonds. The van der Waals surface area contributed by atoms with Gasteiger partial charge in [0.1, 0.15) is 10.1 Å². The van der Waals surface area contributed by atoms with Crippen molar-refractivity contribution in [3.05, 3.63) is 17.7 Å². The molecule has 2 nitrogen and oxygen atoms in total. The van der Waals surface area contributed by atoms with Crippen LogP contribution in [-0.4, -0.2) is 11.6 Å². The quantitative estimate of drug-likeness (QED) is 0.792. The Morgan fingerprint density at radius 3 is 3.00 bits per heavy atom. The predicted molar refractivity (Wildman–Crippen MR) is 62.8 cm³/mol. The van der Waals surface area contributed by atoms with Crippen LogP contribution in [0.4, 0.5) is 0 Å². The molecule has 4 heteroatoms. The van der Waals surface area contributed by atoms with E-state index >= 15 is 0 Å². The molecule has 0 bridgehead atoms. The first-order valence-corrected chi connectivity index (χ1v) is 5.70. The fourth-order valence-corrected chi connectivity index (χ4v) is 2.57. The normalized spacial score (nSPS) is 10.8. The number of ether oxygens (including phenoxy) is 1. The zero-order valence-electron chi connectivity index (χ0n) is 8.07. The SMILES string of the molecule is CCOc1ccc2sc(S)nc2c1C. The zero-order valence-corrected chi connectivity index (χ0v) is 9.78. The summed E-state index contributed by atoms with van der Waals surface area (Å²) in [6.07, 6.45) is 0. The van der Waals surface area contributed by atoms with Crippen molar-refractivity contribution in [3.8, 4) is 5.75 Å². The Morgan fingerprint density at radius 1 is 1.50 bits per heavy atom. The minimum Gasteiger partial charge on any atom is -0.494 e. The summed E-state index contributed by atoms with van der Waals surface area (Å²) in [5.41, 5.74) is 2.10. The van der Waals surface area contributed by atoms with Gasteiger partial charge in [-0.2, -0.15) is 0 Å². The maximum atomic E-state index is 5.49. The molecule has 74 valence electrons. The Bertz CT molecular complexity index is 464. The molecule has 0 fully saturated rings. The molecule has 0 atom stereocenters. The summed E-state index contributed by atoms with van der Waals surface area (Å²) in [4.78, 5) is 4.36. The zero-order chi connectivity index (χ0) is 10.1. The van der Waals surface area contributed by atoms with Crippen LogP contribution in [0, 0.1) is 6.92 Å². The number of hydrogen-bond donors (Lipinski definition) is 1. The largest absolute Gasteiger partial charge is 0.494 e. The molecule has 1 aromatic heterocycles. The number of nitrogens with zero attached hydrogens (tertiary/aromatic N) is 1. The molecule has 0 aliphatic carbocycles. The number of fused-ring (bicyclic) bond motifs is 1. The summed E-state index contributed by atoms with van der Waals surface area (Å²) in [5.74, 6) is 0.915. The van der Waals surface area contributed by atoms with Crippen LogP contribution in [0.5, 0.6) is 5.75 Å². The number of rotatable bonds is 2. The van der Waals surface area contributed by atoms with Gasteiger partial charge in [-0.15, -0.1) is 24.0 Å². The Kier molecular flexibility index (Phi) is 2.65. The summed E-state index contributed by atoms with van der Waals surface area (Å²) in [6, 6.07) is 4.03. The maximum Gasteiger partial charge on any atom is 0.148 e. The van der Waals surface area contributed by atoms with Crippen molar-refractivity contribution >= 4 is 34.2 Å². The van der Waals surface area contributed by atoms with Crippen LogP contribution in [0.15, 0.2) is 16.5 Å². The molecule has 14 heavy (non-hydrogen) atoms. The number of aromatic nitrogens is 1. The molecule has 2 rings (SSSR count). The smallest absolute Gasteiger partial charge is 0.148 e. The molecule has 0 radical (unpaired) electrons. The lowest BCUT2D eigenvalue weighted by Gasteiger charge is -2.06. The number of thiazole rings is 1. The molecular weight excluding hydrogens is 214 g/mol. The molecular formula is C10H11NOS2. The highest BCUT2D eigenvalue weighted by Crippen LogP contribution is 2.31. The number of hydrogen-bond acceptors (Lipinski definition) is 4. The molecule has 0 aliphatic heterocycles. The van der Waals surface area contributed by atoms with E-state index in [0.29, 0.717) is 6.61 Å². The molecule has 0 saturated heterocycles. The molecule has 2 aromatic rings. The van der Waals surface area contributed by atoms with Crippen LogP contribution < -0.4 is 4.74 Å². The highest BCUT2D eigenvalue weighted by molar-refractivity contribution is 7.82. The number of thiol groups is 1. The molecule has 1 heterocycles. The number of benzene rings is 1. The van der Waals surface area contributed by atoms with Gasteiger partial charge in [0.15, 0.2) is 0 Å². The lowest BCUT2D eigenvalue weighted by molar-refractivity contribution is 0.338. The van der Waals surface area contributed by atoms with Crippen LogP contribution >= 0.6 is 24.0 Å². The van der Waals surface area contributed by atoms with Gasteiger partial charge >= 0.3 is 0 Å². The van der Waals surface area contributed by atoms with Crippen molar-refractivity contribution in [1.82, 2.24) is 4.98 Å². The van der Waals surface area contributed by atoms with Crippen LogP contribution in [0.1, 0.15) is 12.5 Å². The maximum absolute atomic E-state index is 5.49. The first-order chi connectivity index (χ1) is 6.72. The summed E-state index contributed by atoms with van der Waals surface area (Å²) in [7, 11) is 0. The van der Waals surface area contributed by atoms with Crippen molar-refractivity contribution in [3.63, 3.8) is 0 Å². The summed E-state index contributed by atoms with van der Waals surface area (Å²) in [6.45, 7) is 4.69. The fraction of sp³-hybridized carbons (Fsp3) is 0.300. The van der Waals surface area contributed by atoms with E-state index in [0.717, 1.165) is 25.9 Å². The van der Waals surface area contributed by atoms with E-state index in [1.54, 1.807) is 11.3 Å². The van der Waals surface area contributed by atoms with Gasteiger partial charge < -0.3 is 4.74 Å². The van der Waals surface area contributed by atoms with Gasteiger partial charge in [-0.05, 0) is 26.0 Å². The second-order valence-electron chi connectivity index (χ2n) is 2.96. The first-order valence-electron chi connectivity index (χ1n) is 4.44. The summed E-state index contributed by atoms with van der Waals surface area (Å²) in [5, 5.41) is 0. The second-order valence-corrected chi connectivity index (χ2v) is 4.72. The lowest BCUT2D eigenvalue weighted by atomic mass is 10.2. The third-order valence-corrected chi connectivity index (χ3v) is 3.25. The van der Waals surface area contributed by atoms with E-state index in [-0.39, 0.29) is 0 Å². The second kappa shape index (κ2) is 3.79. The van der Waals surface area contributed by atoms with E-state index in [1.807, 2.05) is 26.0 Å². The summed E-state index contributed by atoms with van der Waals surface area (Å²) < 4.78 is 7.46. The van der Waals surface area contributed by atoms with Crippen molar-refractivity contribution < 1.29 is 4.74 Å². The third-order valence-electron chi connectivity index (χ3n) is 2.05. The molecule has 0 N–H and O–H groups in total. The van der Waals surface area contributed by atoms with Crippen molar-refractivity contribution in [2.45, 2.75) is 18.2 Å². The average Bonchev–Trinajstić information content (AvgIpc) is 2.52. The van der Waals surface area contributed by atoms with Gasteiger partial charge in [0.25, 0.3) is 0 Å². The van der Waals surface area contributed by atoms with Crippen LogP contribution in [0.3, 0.4) is 0 Å². The molecule has 0 unspecified atom stereocenters. The van der Waals surface area contributed by atoms with Gasteiger partial charge in [0, 0.05) is 5.56 Å². The van der Waals surface area contributed by atoms with Crippen molar-refractivity contribution in [2.75, 3.05) is 6.61 Å². The number of aryl methyl sites for hydroxylation is 1. The Hall–Kier alpha value is -0.740. The van der Waals surface area contributed by atoms with Gasteiger partial charge in [-0.3, -0.25) is 0 Å². The van der Waals surface area contributed by atoms with Crippen molar-refractivity contribution in [1.29, 1.82) is 0 Å². The van der Waals surface area contributed by atoms with Gasteiger partial charge in [-0.1, -0.05) is 0 Å². The highest BCUT2D eigenvalue weighted by Gasteiger charge is 2.08. The minimum atomic E-state index is 0.685. The Labute approximate surface area is 92.3 Å². The van der Waals surface area contributed by atoms with E-state index in [4.69, 9.17) is 4.74 Å². The van der Waals surface area contributed by atoms with E-state index in [2.05, 4.69) is 17.6 Å². The average molecular weight is 225 g/mol. The van der Waals surface area contributed by atoms with E-state index < -0.39 is 0 Å². The fourth-order valence-electron chi connectivity index (χ4n) is 1.41. The van der Waals surface area contributed by atoms with Gasteiger partial charge in [0.05, 0.1) is 16.8 Å². The highest BCUT2D eigenvalue weighted by atomic mass is 32.2. The lowest BCUT2D eigenvalue weighted by Crippen LogP contribution is -1.93. The van der Waals surface area contributed by atoms with Gasteiger partial charge in [0.2, 0.25) is 0 Å². The molecule has 0 saturated carbocycles.